The topological polar surface area (TPSA) is 34.9 Å². The predicted octanol–water partition coefficient (Wildman–Crippen LogP) is 2.89. The highest BCUT2D eigenvalue weighted by atomic mass is 16.2. The van der Waals surface area contributed by atoms with Crippen LogP contribution in [0.15, 0.2) is 43.0 Å². The maximum Gasteiger partial charge on any atom is 0.236 e. The van der Waals surface area contributed by atoms with Gasteiger partial charge in [0.1, 0.15) is 6.33 Å². The van der Waals surface area contributed by atoms with Gasteiger partial charge in [0, 0.05) is 12.4 Å². The van der Waals surface area contributed by atoms with Crippen LogP contribution in [0.2, 0.25) is 0 Å². The second-order valence-corrected chi connectivity index (χ2v) is 4.44. The number of hydrogen-bond donors (Lipinski definition) is 0. The van der Waals surface area contributed by atoms with Crippen LogP contribution in [0.5, 0.6) is 0 Å². The van der Waals surface area contributed by atoms with E-state index in [2.05, 4.69) is 31.0 Å². The molecule has 0 aliphatic carbocycles. The first-order valence-electron chi connectivity index (χ1n) is 5.77. The monoisotopic (exact) mass is 228 g/mol. The third-order valence-electron chi connectivity index (χ3n) is 2.79. The molecule has 1 aromatic carbocycles. The van der Waals surface area contributed by atoms with Crippen molar-refractivity contribution < 1.29 is 4.79 Å². The highest BCUT2D eigenvalue weighted by molar-refractivity contribution is 5.80. The molecule has 0 spiro atoms. The van der Waals surface area contributed by atoms with Crippen molar-refractivity contribution in [3.63, 3.8) is 0 Å². The van der Waals surface area contributed by atoms with Crippen molar-refractivity contribution >= 4 is 5.91 Å². The first-order chi connectivity index (χ1) is 8.16. The van der Waals surface area contributed by atoms with Gasteiger partial charge in [-0.2, -0.15) is 0 Å². The molecular weight excluding hydrogens is 212 g/mol. The first kappa shape index (κ1) is 11.6. The van der Waals surface area contributed by atoms with Crippen LogP contribution in [0.1, 0.15) is 35.7 Å². The SMILES string of the molecule is CC(C)c1ccc(CC(=O)n2ccnc2)cc1. The van der Waals surface area contributed by atoms with E-state index in [9.17, 15) is 4.79 Å². The van der Waals surface area contributed by atoms with Gasteiger partial charge in [-0.1, -0.05) is 38.1 Å². The minimum absolute atomic E-state index is 0.0415. The van der Waals surface area contributed by atoms with E-state index in [0.717, 1.165) is 5.56 Å². The van der Waals surface area contributed by atoms with Gasteiger partial charge in [-0.05, 0) is 17.0 Å². The Morgan fingerprint density at radius 1 is 1.29 bits per heavy atom. The average molecular weight is 228 g/mol. The van der Waals surface area contributed by atoms with Gasteiger partial charge in [0.15, 0.2) is 0 Å². The maximum absolute atomic E-state index is 11.8. The Morgan fingerprint density at radius 3 is 2.53 bits per heavy atom. The molecular formula is C14H16N2O. The molecule has 0 radical (unpaired) electrons. The summed E-state index contributed by atoms with van der Waals surface area (Å²) in [6, 6.07) is 8.21. The molecule has 0 aliphatic rings. The van der Waals surface area contributed by atoms with E-state index in [-0.39, 0.29) is 5.91 Å². The predicted molar refractivity (Wildman–Crippen MR) is 67.1 cm³/mol. The molecule has 0 saturated heterocycles. The highest BCUT2D eigenvalue weighted by Crippen LogP contribution is 2.15. The van der Waals surface area contributed by atoms with Crippen LogP contribution >= 0.6 is 0 Å². The van der Waals surface area contributed by atoms with Gasteiger partial charge in [-0.25, -0.2) is 4.98 Å². The molecule has 0 bridgehead atoms. The summed E-state index contributed by atoms with van der Waals surface area (Å²) in [7, 11) is 0. The van der Waals surface area contributed by atoms with Crippen molar-refractivity contribution in [3.05, 3.63) is 54.1 Å². The third-order valence-corrected chi connectivity index (χ3v) is 2.79. The molecule has 2 rings (SSSR count). The number of nitrogens with zero attached hydrogens (tertiary/aromatic N) is 2. The Hall–Kier alpha value is -1.90. The first-order valence-corrected chi connectivity index (χ1v) is 5.77. The summed E-state index contributed by atoms with van der Waals surface area (Å²) in [5, 5.41) is 0. The molecule has 88 valence electrons. The van der Waals surface area contributed by atoms with E-state index in [1.165, 1.54) is 16.5 Å². The molecule has 17 heavy (non-hydrogen) atoms. The zero-order valence-corrected chi connectivity index (χ0v) is 10.1. The molecule has 2 aromatic rings. The fourth-order valence-electron chi connectivity index (χ4n) is 1.69. The molecule has 1 heterocycles. The summed E-state index contributed by atoms with van der Waals surface area (Å²) in [5.41, 5.74) is 2.33. The largest absolute Gasteiger partial charge is 0.276 e. The summed E-state index contributed by atoms with van der Waals surface area (Å²) in [6.45, 7) is 4.32. The molecule has 0 N–H and O–H groups in total. The zero-order chi connectivity index (χ0) is 12.3. The smallest absolute Gasteiger partial charge is 0.236 e. The third kappa shape index (κ3) is 2.81. The Kier molecular flexibility index (Phi) is 3.38. The van der Waals surface area contributed by atoms with Crippen LogP contribution in [0.3, 0.4) is 0 Å². The normalized spacial score (nSPS) is 10.8. The Morgan fingerprint density at radius 2 is 2.00 bits per heavy atom. The van der Waals surface area contributed by atoms with Gasteiger partial charge in [0.05, 0.1) is 6.42 Å². The maximum atomic E-state index is 11.8. The molecule has 0 fully saturated rings. The molecule has 0 unspecified atom stereocenters. The van der Waals surface area contributed by atoms with Gasteiger partial charge >= 0.3 is 0 Å². The van der Waals surface area contributed by atoms with Crippen LogP contribution in [-0.4, -0.2) is 15.5 Å². The summed E-state index contributed by atoms with van der Waals surface area (Å²) in [4.78, 5) is 15.7. The number of benzene rings is 1. The van der Waals surface area contributed by atoms with Crippen LogP contribution in [0, 0.1) is 0 Å². The second kappa shape index (κ2) is 4.95. The molecule has 3 heteroatoms. The average Bonchev–Trinajstić information content (AvgIpc) is 2.83. The summed E-state index contributed by atoms with van der Waals surface area (Å²) < 4.78 is 1.51. The van der Waals surface area contributed by atoms with Crippen LogP contribution in [-0.2, 0) is 6.42 Å². The highest BCUT2D eigenvalue weighted by Gasteiger charge is 2.06. The van der Waals surface area contributed by atoms with Gasteiger partial charge in [-0.15, -0.1) is 0 Å². The minimum Gasteiger partial charge on any atom is -0.276 e. The minimum atomic E-state index is 0.0415. The van der Waals surface area contributed by atoms with E-state index >= 15 is 0 Å². The number of aromatic nitrogens is 2. The van der Waals surface area contributed by atoms with Gasteiger partial charge < -0.3 is 0 Å². The molecule has 3 nitrogen and oxygen atoms in total. The van der Waals surface area contributed by atoms with Crippen molar-refractivity contribution in [2.45, 2.75) is 26.2 Å². The summed E-state index contributed by atoms with van der Waals surface area (Å²) in [5.74, 6) is 0.563. The van der Waals surface area contributed by atoms with E-state index < -0.39 is 0 Å². The van der Waals surface area contributed by atoms with E-state index in [1.807, 2.05) is 12.1 Å². The molecule has 0 amide bonds. The van der Waals surface area contributed by atoms with Gasteiger partial charge in [0.25, 0.3) is 0 Å². The van der Waals surface area contributed by atoms with Crippen LogP contribution in [0.4, 0.5) is 0 Å². The number of imidazole rings is 1. The van der Waals surface area contributed by atoms with E-state index in [4.69, 9.17) is 0 Å². The lowest BCUT2D eigenvalue weighted by molar-refractivity contribution is 0.0914. The quantitative estimate of drug-likeness (QED) is 0.809. The van der Waals surface area contributed by atoms with Crippen LogP contribution in [0.25, 0.3) is 0 Å². The lowest BCUT2D eigenvalue weighted by Gasteiger charge is -2.06. The van der Waals surface area contributed by atoms with E-state index in [0.29, 0.717) is 12.3 Å². The molecule has 0 saturated carbocycles. The summed E-state index contributed by atoms with van der Waals surface area (Å²) in [6.07, 6.45) is 5.23. The van der Waals surface area contributed by atoms with Crippen LogP contribution < -0.4 is 0 Å². The molecule has 0 atom stereocenters. The number of hydrogen-bond acceptors (Lipinski definition) is 2. The Balaban J connectivity index is 2.07. The van der Waals surface area contributed by atoms with E-state index in [1.54, 1.807) is 12.4 Å². The number of carbonyl (C=O) groups is 1. The fraction of sp³-hybridized carbons (Fsp3) is 0.286. The van der Waals surface area contributed by atoms with Crippen molar-refractivity contribution in [3.8, 4) is 0 Å². The Bertz CT molecular complexity index is 483. The zero-order valence-electron chi connectivity index (χ0n) is 10.1. The Labute approximate surface area is 101 Å². The fourth-order valence-corrected chi connectivity index (χ4v) is 1.69. The van der Waals surface area contributed by atoms with Crippen molar-refractivity contribution in [2.75, 3.05) is 0 Å². The van der Waals surface area contributed by atoms with Gasteiger partial charge in [-0.3, -0.25) is 9.36 Å². The summed E-state index contributed by atoms with van der Waals surface area (Å²) >= 11 is 0. The lowest BCUT2D eigenvalue weighted by Crippen LogP contribution is -2.11. The van der Waals surface area contributed by atoms with Crippen molar-refractivity contribution in [1.29, 1.82) is 0 Å². The molecule has 0 aliphatic heterocycles. The second-order valence-electron chi connectivity index (χ2n) is 4.44. The molecule has 1 aromatic heterocycles. The number of carbonyl (C=O) groups excluding carboxylic acids is 1. The van der Waals surface area contributed by atoms with Crippen molar-refractivity contribution in [2.24, 2.45) is 0 Å². The number of rotatable bonds is 3. The van der Waals surface area contributed by atoms with Gasteiger partial charge in [0.2, 0.25) is 5.91 Å². The lowest BCUT2D eigenvalue weighted by atomic mass is 10.0. The van der Waals surface area contributed by atoms with Crippen molar-refractivity contribution in [1.82, 2.24) is 9.55 Å². The standard InChI is InChI=1S/C14H16N2O/c1-11(2)13-5-3-12(4-6-13)9-14(17)16-8-7-15-10-16/h3-8,10-11H,9H2,1-2H3.